The molecule has 2 N–H and O–H groups in total. The van der Waals surface area contributed by atoms with E-state index in [9.17, 15) is 4.79 Å². The van der Waals surface area contributed by atoms with Gasteiger partial charge in [-0.25, -0.2) is 0 Å². The number of nitrogens with two attached hydrogens (primary N) is 1. The molecule has 0 heterocycles. The van der Waals surface area contributed by atoms with Crippen molar-refractivity contribution in [3.63, 3.8) is 0 Å². The maximum atomic E-state index is 11.7. The second kappa shape index (κ2) is 6.93. The smallest absolute Gasteiger partial charge is 0.326 e. The molecule has 5 nitrogen and oxygen atoms in total. The van der Waals surface area contributed by atoms with Crippen LogP contribution in [0.15, 0.2) is 0 Å². The van der Waals surface area contributed by atoms with Gasteiger partial charge in [-0.1, -0.05) is 0 Å². The van der Waals surface area contributed by atoms with Crippen molar-refractivity contribution in [3.8, 4) is 0 Å². The number of esters is 1. The molecule has 0 aromatic heterocycles. The standard InChI is InChI=1S/C12H23NO4/c1-12(13,10-4-5-10)11(14)17-9-8-16-7-3-6-15-2/h10H,3-9,13H2,1-2H3. The summed E-state index contributed by atoms with van der Waals surface area (Å²) in [6.45, 7) is 3.73. The molecule has 0 radical (unpaired) electrons. The summed E-state index contributed by atoms with van der Waals surface area (Å²) in [6.07, 6.45) is 2.90. The summed E-state index contributed by atoms with van der Waals surface area (Å²) in [7, 11) is 1.65. The third-order valence-corrected chi connectivity index (χ3v) is 2.96. The normalized spacial score (nSPS) is 18.8. The molecule has 0 saturated heterocycles. The van der Waals surface area contributed by atoms with Gasteiger partial charge in [0.1, 0.15) is 12.1 Å². The number of ether oxygens (including phenoxy) is 3. The zero-order valence-corrected chi connectivity index (χ0v) is 10.7. The van der Waals surface area contributed by atoms with Crippen molar-refractivity contribution < 1.29 is 19.0 Å². The first-order valence-electron chi connectivity index (χ1n) is 6.12. The molecule has 1 fully saturated rings. The first-order valence-corrected chi connectivity index (χ1v) is 6.12. The van der Waals surface area contributed by atoms with E-state index in [-0.39, 0.29) is 18.5 Å². The summed E-state index contributed by atoms with van der Waals surface area (Å²) >= 11 is 0. The van der Waals surface area contributed by atoms with E-state index in [2.05, 4.69) is 0 Å². The van der Waals surface area contributed by atoms with Crippen molar-refractivity contribution in [2.45, 2.75) is 31.7 Å². The number of hydrogen-bond donors (Lipinski definition) is 1. The van der Waals surface area contributed by atoms with Gasteiger partial charge in [0, 0.05) is 20.3 Å². The van der Waals surface area contributed by atoms with Gasteiger partial charge in [-0.2, -0.15) is 0 Å². The lowest BCUT2D eigenvalue weighted by molar-refractivity contribution is -0.152. The van der Waals surface area contributed by atoms with Crippen molar-refractivity contribution in [1.29, 1.82) is 0 Å². The lowest BCUT2D eigenvalue weighted by Crippen LogP contribution is -2.48. The van der Waals surface area contributed by atoms with Gasteiger partial charge >= 0.3 is 5.97 Å². The molecule has 1 unspecified atom stereocenters. The SMILES string of the molecule is COCCCOCCOC(=O)C(C)(N)C1CC1. The van der Waals surface area contributed by atoms with Crippen LogP contribution in [0.1, 0.15) is 26.2 Å². The molecular weight excluding hydrogens is 222 g/mol. The Morgan fingerprint density at radius 3 is 2.59 bits per heavy atom. The Hall–Kier alpha value is -0.650. The molecule has 100 valence electrons. The van der Waals surface area contributed by atoms with E-state index in [1.807, 2.05) is 0 Å². The minimum atomic E-state index is -0.823. The Morgan fingerprint density at radius 2 is 2.00 bits per heavy atom. The summed E-state index contributed by atoms with van der Waals surface area (Å²) < 4.78 is 15.3. The fourth-order valence-electron chi connectivity index (χ4n) is 1.61. The molecule has 1 saturated carbocycles. The topological polar surface area (TPSA) is 70.8 Å². The fourth-order valence-corrected chi connectivity index (χ4v) is 1.61. The van der Waals surface area contributed by atoms with Crippen LogP contribution >= 0.6 is 0 Å². The van der Waals surface area contributed by atoms with Crippen molar-refractivity contribution >= 4 is 5.97 Å². The predicted octanol–water partition coefficient (Wildman–Crippen LogP) is 0.710. The van der Waals surface area contributed by atoms with Crippen LogP contribution in [0.4, 0.5) is 0 Å². The van der Waals surface area contributed by atoms with Gasteiger partial charge in [0.05, 0.1) is 6.61 Å². The van der Waals surface area contributed by atoms with Crippen molar-refractivity contribution in [1.82, 2.24) is 0 Å². The van der Waals surface area contributed by atoms with Gasteiger partial charge in [0.2, 0.25) is 0 Å². The highest BCUT2D eigenvalue weighted by molar-refractivity contribution is 5.80. The molecule has 0 bridgehead atoms. The van der Waals surface area contributed by atoms with Crippen LogP contribution < -0.4 is 5.73 Å². The quantitative estimate of drug-likeness (QED) is 0.478. The Morgan fingerprint density at radius 1 is 1.29 bits per heavy atom. The lowest BCUT2D eigenvalue weighted by atomic mass is 9.98. The zero-order chi connectivity index (χ0) is 12.7. The Kier molecular flexibility index (Phi) is 5.88. The third kappa shape index (κ3) is 5.02. The fraction of sp³-hybridized carbons (Fsp3) is 0.917. The number of carbonyl (C=O) groups excluding carboxylic acids is 1. The van der Waals surface area contributed by atoms with Gasteiger partial charge in [-0.05, 0) is 32.1 Å². The highest BCUT2D eigenvalue weighted by atomic mass is 16.6. The number of methoxy groups -OCH3 is 1. The molecule has 1 rings (SSSR count). The summed E-state index contributed by atoms with van der Waals surface area (Å²) in [5.41, 5.74) is 5.09. The summed E-state index contributed by atoms with van der Waals surface area (Å²) in [5.74, 6) is -0.0295. The minimum Gasteiger partial charge on any atom is -0.462 e. The molecule has 1 aliphatic rings. The molecule has 0 aromatic carbocycles. The first kappa shape index (κ1) is 14.4. The number of hydrogen-bond acceptors (Lipinski definition) is 5. The van der Waals surface area contributed by atoms with Gasteiger partial charge < -0.3 is 19.9 Å². The van der Waals surface area contributed by atoms with Crippen LogP contribution in [-0.4, -0.2) is 45.0 Å². The van der Waals surface area contributed by atoms with E-state index in [0.29, 0.717) is 19.8 Å². The highest BCUT2D eigenvalue weighted by Gasteiger charge is 2.45. The summed E-state index contributed by atoms with van der Waals surface area (Å²) in [5, 5.41) is 0. The maximum Gasteiger partial charge on any atom is 0.326 e. The van der Waals surface area contributed by atoms with E-state index < -0.39 is 5.54 Å². The Balaban J connectivity index is 2.00. The monoisotopic (exact) mass is 245 g/mol. The molecule has 5 heteroatoms. The van der Waals surface area contributed by atoms with Gasteiger partial charge in [-0.3, -0.25) is 4.79 Å². The van der Waals surface area contributed by atoms with Gasteiger partial charge in [0.25, 0.3) is 0 Å². The molecular formula is C12H23NO4. The van der Waals surface area contributed by atoms with Crippen LogP contribution in [0, 0.1) is 5.92 Å². The predicted molar refractivity (Wildman–Crippen MR) is 63.6 cm³/mol. The third-order valence-electron chi connectivity index (χ3n) is 2.96. The van der Waals surface area contributed by atoms with Crippen LogP contribution in [0.2, 0.25) is 0 Å². The number of carbonyl (C=O) groups is 1. The minimum absolute atomic E-state index is 0.269. The van der Waals surface area contributed by atoms with Gasteiger partial charge in [0.15, 0.2) is 0 Å². The molecule has 0 aliphatic heterocycles. The molecule has 1 aliphatic carbocycles. The molecule has 0 aromatic rings. The van der Waals surface area contributed by atoms with Crippen LogP contribution in [-0.2, 0) is 19.0 Å². The second-order valence-corrected chi connectivity index (χ2v) is 4.65. The second-order valence-electron chi connectivity index (χ2n) is 4.65. The lowest BCUT2D eigenvalue weighted by Gasteiger charge is -2.21. The van der Waals surface area contributed by atoms with Crippen molar-refractivity contribution in [2.24, 2.45) is 11.7 Å². The Labute approximate surface area is 103 Å². The highest BCUT2D eigenvalue weighted by Crippen LogP contribution is 2.38. The summed E-state index contributed by atoms with van der Waals surface area (Å²) in [6, 6.07) is 0. The molecule has 17 heavy (non-hydrogen) atoms. The first-order chi connectivity index (χ1) is 8.09. The van der Waals surface area contributed by atoms with E-state index in [4.69, 9.17) is 19.9 Å². The molecule has 1 atom stereocenters. The Bertz CT molecular complexity index is 239. The summed E-state index contributed by atoms with van der Waals surface area (Å²) in [4.78, 5) is 11.7. The average Bonchev–Trinajstić information content (AvgIpc) is 3.11. The largest absolute Gasteiger partial charge is 0.462 e. The van der Waals surface area contributed by atoms with Crippen molar-refractivity contribution in [2.75, 3.05) is 33.5 Å². The van der Waals surface area contributed by atoms with E-state index >= 15 is 0 Å². The van der Waals surface area contributed by atoms with Gasteiger partial charge in [-0.15, -0.1) is 0 Å². The average molecular weight is 245 g/mol. The van der Waals surface area contributed by atoms with E-state index in [0.717, 1.165) is 19.3 Å². The molecule has 0 spiro atoms. The van der Waals surface area contributed by atoms with E-state index in [1.165, 1.54) is 0 Å². The maximum absolute atomic E-state index is 11.7. The zero-order valence-electron chi connectivity index (χ0n) is 10.7. The van der Waals surface area contributed by atoms with Crippen LogP contribution in [0.5, 0.6) is 0 Å². The van der Waals surface area contributed by atoms with Crippen LogP contribution in [0.3, 0.4) is 0 Å². The molecule has 0 amide bonds. The van der Waals surface area contributed by atoms with Crippen molar-refractivity contribution in [3.05, 3.63) is 0 Å². The van der Waals surface area contributed by atoms with Crippen LogP contribution in [0.25, 0.3) is 0 Å². The van der Waals surface area contributed by atoms with E-state index in [1.54, 1.807) is 14.0 Å². The number of rotatable bonds is 9.